The lowest BCUT2D eigenvalue weighted by molar-refractivity contribution is 0.866. The maximum absolute atomic E-state index is 8.86. The van der Waals surface area contributed by atoms with Crippen molar-refractivity contribution in [2.75, 3.05) is 0 Å². The first-order valence-electron chi connectivity index (χ1n) is 5.76. The lowest BCUT2D eigenvalue weighted by Gasteiger charge is -2.13. The van der Waals surface area contributed by atoms with Gasteiger partial charge >= 0.3 is 0 Å². The van der Waals surface area contributed by atoms with Crippen molar-refractivity contribution in [1.82, 2.24) is 15.2 Å². The Morgan fingerprint density at radius 2 is 2.00 bits per heavy atom. The average molecular weight is 266 g/mol. The third-order valence-electron chi connectivity index (χ3n) is 2.96. The van der Waals surface area contributed by atoms with Gasteiger partial charge in [-0.05, 0) is 40.1 Å². The molecule has 0 saturated carbocycles. The fourth-order valence-corrected chi connectivity index (χ4v) is 2.74. The van der Waals surface area contributed by atoms with Gasteiger partial charge in [0.2, 0.25) is 0 Å². The molecule has 4 nitrogen and oxygen atoms in total. The van der Waals surface area contributed by atoms with Crippen LogP contribution in [0.2, 0.25) is 0 Å². The monoisotopic (exact) mass is 266 g/mol. The highest BCUT2D eigenvalue weighted by Gasteiger charge is 2.19. The van der Waals surface area contributed by atoms with Crippen molar-refractivity contribution in [2.24, 2.45) is 0 Å². The summed E-state index contributed by atoms with van der Waals surface area (Å²) in [7, 11) is 0. The van der Waals surface area contributed by atoms with Crippen LogP contribution in [0.1, 0.15) is 28.4 Å². The van der Waals surface area contributed by atoms with Crippen LogP contribution in [-0.4, -0.2) is 15.2 Å². The SMILES string of the molecule is N#Cc1ccc(C(c2ccsc2)c2nnc[nH]2)cc1. The number of thiophene rings is 1. The Bertz CT molecular complexity index is 644. The molecule has 0 spiro atoms. The van der Waals surface area contributed by atoms with Crippen LogP contribution in [0.25, 0.3) is 0 Å². The van der Waals surface area contributed by atoms with Gasteiger partial charge in [-0.15, -0.1) is 10.2 Å². The smallest absolute Gasteiger partial charge is 0.142 e. The molecule has 1 unspecified atom stereocenters. The largest absolute Gasteiger partial charge is 0.331 e. The molecule has 19 heavy (non-hydrogen) atoms. The normalized spacial score (nSPS) is 11.9. The third-order valence-corrected chi connectivity index (χ3v) is 3.66. The van der Waals surface area contributed by atoms with Crippen LogP contribution in [0.4, 0.5) is 0 Å². The molecule has 0 aliphatic heterocycles. The molecule has 0 fully saturated rings. The number of H-pyrrole nitrogens is 1. The molecule has 92 valence electrons. The zero-order valence-electron chi connectivity index (χ0n) is 9.95. The number of hydrogen-bond acceptors (Lipinski definition) is 4. The molecule has 3 aromatic rings. The van der Waals surface area contributed by atoms with Gasteiger partial charge in [0.05, 0.1) is 17.6 Å². The van der Waals surface area contributed by atoms with Gasteiger partial charge in [-0.25, -0.2) is 0 Å². The average Bonchev–Trinajstić information content (AvgIpc) is 3.13. The Hall–Kier alpha value is -2.45. The Kier molecular flexibility index (Phi) is 3.09. The number of nitriles is 1. The van der Waals surface area contributed by atoms with Crippen molar-refractivity contribution in [3.63, 3.8) is 0 Å². The van der Waals surface area contributed by atoms with Crippen LogP contribution in [-0.2, 0) is 0 Å². The second-order valence-corrected chi connectivity index (χ2v) is 4.88. The van der Waals surface area contributed by atoms with E-state index in [0.29, 0.717) is 5.56 Å². The molecule has 0 radical (unpaired) electrons. The Balaban J connectivity index is 2.07. The number of nitrogens with zero attached hydrogens (tertiary/aromatic N) is 3. The molecule has 2 aromatic heterocycles. The molecule has 5 heteroatoms. The van der Waals surface area contributed by atoms with Crippen molar-refractivity contribution >= 4 is 11.3 Å². The molecule has 3 rings (SSSR count). The van der Waals surface area contributed by atoms with Crippen molar-refractivity contribution in [3.8, 4) is 6.07 Å². The van der Waals surface area contributed by atoms with Crippen LogP contribution in [0.15, 0.2) is 47.4 Å². The lowest BCUT2D eigenvalue weighted by Crippen LogP contribution is -2.04. The van der Waals surface area contributed by atoms with Crippen molar-refractivity contribution in [1.29, 1.82) is 5.26 Å². The summed E-state index contributed by atoms with van der Waals surface area (Å²) in [6, 6.07) is 11.8. The van der Waals surface area contributed by atoms with Gasteiger partial charge in [-0.1, -0.05) is 12.1 Å². The standard InChI is InChI=1S/C14H10N4S/c15-7-10-1-3-11(4-2-10)13(12-5-6-19-8-12)14-16-9-17-18-14/h1-6,8-9,13H,(H,16,17,18). The van der Waals surface area contributed by atoms with Crippen LogP contribution >= 0.6 is 11.3 Å². The van der Waals surface area contributed by atoms with E-state index >= 15 is 0 Å². The zero-order chi connectivity index (χ0) is 13.1. The topological polar surface area (TPSA) is 65.4 Å². The summed E-state index contributed by atoms with van der Waals surface area (Å²) in [6.07, 6.45) is 1.58. The molecule has 2 heterocycles. The van der Waals surface area contributed by atoms with Gasteiger partial charge in [0.15, 0.2) is 0 Å². The molecule has 1 aromatic carbocycles. The van der Waals surface area contributed by atoms with Crippen molar-refractivity contribution in [3.05, 3.63) is 69.9 Å². The highest BCUT2D eigenvalue weighted by atomic mass is 32.1. The number of benzene rings is 1. The second-order valence-electron chi connectivity index (χ2n) is 4.10. The molecule has 0 amide bonds. The first-order valence-corrected chi connectivity index (χ1v) is 6.71. The highest BCUT2D eigenvalue weighted by molar-refractivity contribution is 7.08. The van der Waals surface area contributed by atoms with E-state index in [2.05, 4.69) is 32.7 Å². The van der Waals surface area contributed by atoms with E-state index in [1.807, 2.05) is 29.6 Å². The minimum Gasteiger partial charge on any atom is -0.331 e. The Morgan fingerprint density at radius 1 is 1.16 bits per heavy atom. The van der Waals surface area contributed by atoms with E-state index in [0.717, 1.165) is 11.4 Å². The molecule has 0 aliphatic carbocycles. The van der Waals surface area contributed by atoms with Crippen molar-refractivity contribution < 1.29 is 0 Å². The number of aromatic amines is 1. The van der Waals surface area contributed by atoms with E-state index in [9.17, 15) is 0 Å². The summed E-state index contributed by atoms with van der Waals surface area (Å²) < 4.78 is 0. The molecule has 0 bridgehead atoms. The van der Waals surface area contributed by atoms with E-state index in [1.54, 1.807) is 17.7 Å². The summed E-state index contributed by atoms with van der Waals surface area (Å²) >= 11 is 1.65. The van der Waals surface area contributed by atoms with Crippen LogP contribution in [0.5, 0.6) is 0 Å². The molecular formula is C14H10N4S. The van der Waals surface area contributed by atoms with Crippen molar-refractivity contribution in [2.45, 2.75) is 5.92 Å². The quantitative estimate of drug-likeness (QED) is 0.792. The molecule has 0 saturated heterocycles. The number of rotatable bonds is 3. The van der Waals surface area contributed by atoms with Gasteiger partial charge in [0.25, 0.3) is 0 Å². The molecule has 1 N–H and O–H groups in total. The molecular weight excluding hydrogens is 256 g/mol. The maximum Gasteiger partial charge on any atom is 0.142 e. The van der Waals surface area contributed by atoms with E-state index in [-0.39, 0.29) is 5.92 Å². The third kappa shape index (κ3) is 2.26. The minimum atomic E-state index is 0.0292. The van der Waals surface area contributed by atoms with Crippen LogP contribution in [0, 0.1) is 11.3 Å². The van der Waals surface area contributed by atoms with Gasteiger partial charge in [-0.3, -0.25) is 0 Å². The highest BCUT2D eigenvalue weighted by Crippen LogP contribution is 2.30. The number of nitrogens with one attached hydrogen (secondary N) is 1. The Morgan fingerprint density at radius 3 is 2.58 bits per heavy atom. The summed E-state index contributed by atoms with van der Waals surface area (Å²) in [4.78, 5) is 3.07. The predicted molar refractivity (Wildman–Crippen MR) is 72.8 cm³/mol. The number of hydrogen-bond donors (Lipinski definition) is 1. The minimum absolute atomic E-state index is 0.0292. The zero-order valence-corrected chi connectivity index (χ0v) is 10.8. The van der Waals surface area contributed by atoms with E-state index in [1.165, 1.54) is 5.56 Å². The summed E-state index contributed by atoms with van der Waals surface area (Å²) in [5, 5.41) is 21.0. The first-order chi connectivity index (χ1) is 9.38. The lowest BCUT2D eigenvalue weighted by atomic mass is 9.92. The fraction of sp³-hybridized carbons (Fsp3) is 0.0714. The van der Waals surface area contributed by atoms with Crippen LogP contribution < -0.4 is 0 Å². The predicted octanol–water partition coefficient (Wildman–Crippen LogP) is 2.92. The fourth-order valence-electron chi connectivity index (χ4n) is 2.05. The van der Waals surface area contributed by atoms with Crippen LogP contribution in [0.3, 0.4) is 0 Å². The van der Waals surface area contributed by atoms with Gasteiger partial charge in [0.1, 0.15) is 12.2 Å². The second kappa shape index (κ2) is 5.04. The summed E-state index contributed by atoms with van der Waals surface area (Å²) in [6.45, 7) is 0. The first kappa shape index (κ1) is 11.6. The molecule has 1 atom stereocenters. The summed E-state index contributed by atoms with van der Waals surface area (Å²) in [5.41, 5.74) is 2.92. The van der Waals surface area contributed by atoms with E-state index < -0.39 is 0 Å². The van der Waals surface area contributed by atoms with Gasteiger partial charge in [0, 0.05) is 0 Å². The van der Waals surface area contributed by atoms with Gasteiger partial charge in [-0.2, -0.15) is 16.6 Å². The number of aromatic nitrogens is 3. The van der Waals surface area contributed by atoms with E-state index in [4.69, 9.17) is 5.26 Å². The maximum atomic E-state index is 8.86. The summed E-state index contributed by atoms with van der Waals surface area (Å²) in [5.74, 6) is 0.838. The molecule has 0 aliphatic rings. The van der Waals surface area contributed by atoms with Gasteiger partial charge < -0.3 is 4.98 Å². The Labute approximate surface area is 114 Å².